The molecule has 0 spiro atoms. The second kappa shape index (κ2) is 4.29. The van der Waals surface area contributed by atoms with Crippen LogP contribution < -0.4 is 4.74 Å². The number of hydrogen-bond acceptors (Lipinski definition) is 4. The van der Waals surface area contributed by atoms with Gasteiger partial charge in [0, 0.05) is 12.4 Å². The van der Waals surface area contributed by atoms with E-state index in [1.807, 2.05) is 12.1 Å². The van der Waals surface area contributed by atoms with Crippen molar-refractivity contribution < 1.29 is 9.15 Å². The molecule has 0 radical (unpaired) electrons. The average molecular weight is 200 g/mol. The van der Waals surface area contributed by atoms with E-state index < -0.39 is 0 Å². The van der Waals surface area contributed by atoms with E-state index in [0.29, 0.717) is 17.9 Å². The molecule has 0 amide bonds. The van der Waals surface area contributed by atoms with Crippen LogP contribution in [0.25, 0.3) is 0 Å². The molecule has 2 rings (SSSR count). The first-order chi connectivity index (χ1) is 7.40. The molecule has 2 aromatic rings. The molecular formula is C11H8N2O2. The minimum Gasteiger partial charge on any atom is -0.484 e. The van der Waals surface area contributed by atoms with E-state index in [-0.39, 0.29) is 0 Å². The van der Waals surface area contributed by atoms with Crippen molar-refractivity contribution in [3.8, 4) is 11.8 Å². The van der Waals surface area contributed by atoms with Gasteiger partial charge in [0.2, 0.25) is 0 Å². The van der Waals surface area contributed by atoms with Gasteiger partial charge >= 0.3 is 0 Å². The molecule has 0 atom stereocenters. The summed E-state index contributed by atoms with van der Waals surface area (Å²) < 4.78 is 10.5. The fourth-order valence-corrected chi connectivity index (χ4v) is 1.14. The van der Waals surface area contributed by atoms with Crippen LogP contribution in [0.4, 0.5) is 0 Å². The summed E-state index contributed by atoms with van der Waals surface area (Å²) in [6.45, 7) is 0.311. The highest BCUT2D eigenvalue weighted by Crippen LogP contribution is 2.16. The number of hydrogen-bond donors (Lipinski definition) is 0. The quantitative estimate of drug-likeness (QED) is 0.761. The summed E-state index contributed by atoms with van der Waals surface area (Å²) in [5.41, 5.74) is 0.420. The van der Waals surface area contributed by atoms with E-state index in [0.717, 1.165) is 5.76 Å². The van der Waals surface area contributed by atoms with E-state index in [1.54, 1.807) is 24.6 Å². The molecular weight excluding hydrogens is 192 g/mol. The highest BCUT2D eigenvalue weighted by atomic mass is 16.5. The van der Waals surface area contributed by atoms with Crippen molar-refractivity contribution >= 4 is 0 Å². The lowest BCUT2D eigenvalue weighted by atomic mass is 10.3. The summed E-state index contributed by atoms with van der Waals surface area (Å²) in [6.07, 6.45) is 4.63. The van der Waals surface area contributed by atoms with Gasteiger partial charge in [0.25, 0.3) is 0 Å². The Kier molecular flexibility index (Phi) is 2.65. The molecule has 0 aliphatic rings. The number of rotatable bonds is 3. The van der Waals surface area contributed by atoms with Crippen molar-refractivity contribution in [2.75, 3.05) is 0 Å². The van der Waals surface area contributed by atoms with Gasteiger partial charge in [-0.1, -0.05) is 0 Å². The van der Waals surface area contributed by atoms with Crippen LogP contribution in [0.5, 0.6) is 5.75 Å². The molecule has 4 nitrogen and oxygen atoms in total. The number of aromatic nitrogens is 1. The number of pyridine rings is 1. The molecule has 0 saturated carbocycles. The van der Waals surface area contributed by atoms with Crippen LogP contribution in [0.1, 0.15) is 11.3 Å². The molecule has 2 aromatic heterocycles. The maximum absolute atomic E-state index is 8.78. The predicted molar refractivity (Wildman–Crippen MR) is 52.0 cm³/mol. The van der Waals surface area contributed by atoms with Crippen LogP contribution in [0.15, 0.2) is 41.3 Å². The van der Waals surface area contributed by atoms with Gasteiger partial charge in [0.1, 0.15) is 29.7 Å². The third kappa shape index (κ3) is 2.15. The Hall–Kier alpha value is -2.28. The molecule has 0 saturated heterocycles. The molecule has 15 heavy (non-hydrogen) atoms. The van der Waals surface area contributed by atoms with Crippen LogP contribution in [0, 0.1) is 11.3 Å². The largest absolute Gasteiger partial charge is 0.484 e. The van der Waals surface area contributed by atoms with Crippen LogP contribution in [-0.4, -0.2) is 4.98 Å². The molecule has 0 aliphatic heterocycles. The Bertz CT molecular complexity index is 472. The zero-order chi connectivity index (χ0) is 10.5. The average Bonchev–Trinajstić information content (AvgIpc) is 2.79. The van der Waals surface area contributed by atoms with Gasteiger partial charge in [-0.2, -0.15) is 5.26 Å². The summed E-state index contributed by atoms with van der Waals surface area (Å²) in [7, 11) is 0. The zero-order valence-corrected chi connectivity index (χ0v) is 7.88. The normalized spacial score (nSPS) is 9.53. The van der Waals surface area contributed by atoms with Gasteiger partial charge in [0.15, 0.2) is 0 Å². The van der Waals surface area contributed by atoms with Crippen molar-refractivity contribution in [2.24, 2.45) is 0 Å². The lowest BCUT2D eigenvalue weighted by Crippen LogP contribution is -1.96. The monoisotopic (exact) mass is 200 g/mol. The molecule has 0 N–H and O–H groups in total. The second-order valence-corrected chi connectivity index (χ2v) is 2.85. The van der Waals surface area contributed by atoms with Gasteiger partial charge in [0.05, 0.1) is 6.26 Å². The predicted octanol–water partition coefficient (Wildman–Crippen LogP) is 2.13. The van der Waals surface area contributed by atoms with Crippen molar-refractivity contribution in [2.45, 2.75) is 6.61 Å². The van der Waals surface area contributed by atoms with E-state index in [4.69, 9.17) is 14.4 Å². The summed E-state index contributed by atoms with van der Waals surface area (Å²) in [6, 6.07) is 7.26. The van der Waals surface area contributed by atoms with Crippen molar-refractivity contribution in [1.82, 2.24) is 4.98 Å². The number of nitriles is 1. The van der Waals surface area contributed by atoms with E-state index in [2.05, 4.69) is 4.98 Å². The maximum Gasteiger partial charge on any atom is 0.146 e. The van der Waals surface area contributed by atoms with Gasteiger partial charge in [-0.15, -0.1) is 0 Å². The number of furan rings is 1. The van der Waals surface area contributed by atoms with Crippen LogP contribution >= 0.6 is 0 Å². The smallest absolute Gasteiger partial charge is 0.146 e. The minimum absolute atomic E-state index is 0.311. The molecule has 0 aliphatic carbocycles. The lowest BCUT2D eigenvalue weighted by molar-refractivity contribution is 0.269. The van der Waals surface area contributed by atoms with E-state index in [1.165, 1.54) is 6.20 Å². The summed E-state index contributed by atoms with van der Waals surface area (Å²) in [5, 5.41) is 8.78. The maximum atomic E-state index is 8.78. The molecule has 0 aromatic carbocycles. The van der Waals surface area contributed by atoms with E-state index in [9.17, 15) is 0 Å². The summed E-state index contributed by atoms with van der Waals surface area (Å²) in [4.78, 5) is 3.84. The Labute approximate surface area is 86.7 Å². The Morgan fingerprint density at radius 1 is 1.47 bits per heavy atom. The summed E-state index contributed by atoms with van der Waals surface area (Å²) >= 11 is 0. The zero-order valence-electron chi connectivity index (χ0n) is 7.88. The third-order valence-electron chi connectivity index (χ3n) is 1.85. The second-order valence-electron chi connectivity index (χ2n) is 2.85. The highest BCUT2D eigenvalue weighted by Gasteiger charge is 2.03. The molecule has 0 unspecified atom stereocenters. The minimum atomic E-state index is 0.311. The van der Waals surface area contributed by atoms with E-state index >= 15 is 0 Å². The number of nitrogens with zero attached hydrogens (tertiary/aromatic N) is 2. The molecule has 0 bridgehead atoms. The standard InChI is InChI=1S/C11H8N2O2/c12-6-9-7-13-4-3-11(9)15-8-10-2-1-5-14-10/h1-5,7H,8H2. The third-order valence-corrected chi connectivity index (χ3v) is 1.85. The SMILES string of the molecule is N#Cc1cnccc1OCc1ccco1. The molecule has 4 heteroatoms. The Balaban J connectivity index is 2.08. The first-order valence-corrected chi connectivity index (χ1v) is 4.39. The first kappa shape index (κ1) is 9.28. The molecule has 0 fully saturated rings. The van der Waals surface area contributed by atoms with Crippen LogP contribution in [0.2, 0.25) is 0 Å². The van der Waals surface area contributed by atoms with Gasteiger partial charge in [-0.05, 0) is 18.2 Å². The lowest BCUT2D eigenvalue weighted by Gasteiger charge is -2.04. The highest BCUT2D eigenvalue weighted by molar-refractivity contribution is 5.40. The Morgan fingerprint density at radius 2 is 2.40 bits per heavy atom. The molecule has 2 heterocycles. The van der Waals surface area contributed by atoms with Crippen molar-refractivity contribution in [3.05, 3.63) is 48.2 Å². The molecule has 74 valence electrons. The van der Waals surface area contributed by atoms with Gasteiger partial charge in [-0.3, -0.25) is 4.98 Å². The van der Waals surface area contributed by atoms with Crippen LogP contribution in [-0.2, 0) is 6.61 Å². The van der Waals surface area contributed by atoms with Crippen molar-refractivity contribution in [3.63, 3.8) is 0 Å². The first-order valence-electron chi connectivity index (χ1n) is 4.39. The van der Waals surface area contributed by atoms with Crippen molar-refractivity contribution in [1.29, 1.82) is 5.26 Å². The van der Waals surface area contributed by atoms with Crippen LogP contribution in [0.3, 0.4) is 0 Å². The fraction of sp³-hybridized carbons (Fsp3) is 0.0909. The topological polar surface area (TPSA) is 59.0 Å². The Morgan fingerprint density at radius 3 is 3.13 bits per heavy atom. The summed E-state index contributed by atoms with van der Waals surface area (Å²) in [5.74, 6) is 1.24. The van der Waals surface area contributed by atoms with Gasteiger partial charge in [-0.25, -0.2) is 0 Å². The fourth-order valence-electron chi connectivity index (χ4n) is 1.14. The number of ether oxygens (including phenoxy) is 1. The van der Waals surface area contributed by atoms with Gasteiger partial charge < -0.3 is 9.15 Å².